The smallest absolute Gasteiger partial charge is 0.131 e. The van der Waals surface area contributed by atoms with Gasteiger partial charge >= 0.3 is 0 Å². The maximum absolute atomic E-state index is 7.05. The lowest BCUT2D eigenvalue weighted by Crippen LogP contribution is -2.21. The second kappa shape index (κ2) is 22.1. The van der Waals surface area contributed by atoms with Gasteiger partial charge in [-0.25, -0.2) is 4.99 Å². The van der Waals surface area contributed by atoms with Crippen LogP contribution in [-0.2, 0) is 0 Å². The summed E-state index contributed by atoms with van der Waals surface area (Å²) in [4.78, 5) is 4.68. The number of fused-ring (bicyclic) bond motifs is 6. The highest BCUT2D eigenvalue weighted by atomic mass is 127. The third-order valence-corrected chi connectivity index (χ3v) is 9.95. The third kappa shape index (κ3) is 11.9. The van der Waals surface area contributed by atoms with Crippen molar-refractivity contribution in [1.29, 1.82) is 5.41 Å². The number of amidine groups is 2. The van der Waals surface area contributed by atoms with Crippen molar-refractivity contribution in [2.75, 3.05) is 27.2 Å². The number of benzene rings is 8. The number of hydrogen-bond donors (Lipinski definition) is 5. The van der Waals surface area contributed by atoms with Crippen LogP contribution in [0.4, 0.5) is 5.69 Å². The summed E-state index contributed by atoms with van der Waals surface area (Å²) in [6.07, 6.45) is 0. The first-order valence-electron chi connectivity index (χ1n) is 17.7. The van der Waals surface area contributed by atoms with Gasteiger partial charge in [0.15, 0.2) is 0 Å². The van der Waals surface area contributed by atoms with Crippen LogP contribution in [0.5, 0.6) is 0 Å². The van der Waals surface area contributed by atoms with Gasteiger partial charge in [0.2, 0.25) is 0 Å². The fourth-order valence-electron chi connectivity index (χ4n) is 5.88. The first-order chi connectivity index (χ1) is 26.7. The molecule has 286 valence electrons. The van der Waals surface area contributed by atoms with Gasteiger partial charge < -0.3 is 22.1 Å². The van der Waals surface area contributed by atoms with Gasteiger partial charge in [-0.3, -0.25) is 5.41 Å². The Bertz CT molecular complexity index is 2570. The average Bonchev–Trinajstić information content (AvgIpc) is 3.21. The van der Waals surface area contributed by atoms with E-state index < -0.39 is 0 Å². The Morgan fingerprint density at radius 2 is 0.982 bits per heavy atom. The van der Waals surface area contributed by atoms with Crippen LogP contribution in [0, 0.1) is 8.98 Å². The van der Waals surface area contributed by atoms with Crippen LogP contribution < -0.4 is 22.1 Å². The highest BCUT2D eigenvalue weighted by molar-refractivity contribution is 14.1. The largest absolute Gasteiger partial charge is 0.384 e. The van der Waals surface area contributed by atoms with Gasteiger partial charge in [0.25, 0.3) is 0 Å². The number of nitrogens with one attached hydrogen (secondary N) is 3. The zero-order chi connectivity index (χ0) is 39.2. The molecule has 8 rings (SSSR count). The van der Waals surface area contributed by atoms with E-state index in [1.54, 1.807) is 24.3 Å². The molecule has 0 aliphatic rings. The van der Waals surface area contributed by atoms with E-state index in [1.165, 1.54) is 35.9 Å². The number of hydrogen-bond acceptors (Lipinski definition) is 4. The molecule has 0 aromatic heterocycles. The fraction of sp³-hybridized carbons (Fsp3) is 0.0870. The van der Waals surface area contributed by atoms with E-state index in [0.717, 1.165) is 35.1 Å². The predicted molar refractivity (Wildman–Crippen MR) is 255 cm³/mol. The number of nitrogens with two attached hydrogens (primary N) is 2. The summed E-state index contributed by atoms with van der Waals surface area (Å²) in [7, 11) is 3.88. The summed E-state index contributed by atoms with van der Waals surface area (Å²) in [5, 5.41) is 24.3. The van der Waals surface area contributed by atoms with Crippen LogP contribution in [0.25, 0.3) is 43.1 Å². The summed E-state index contributed by atoms with van der Waals surface area (Å²) in [6.45, 7) is 2.10. The number of halogens is 4. The van der Waals surface area contributed by atoms with Crippen molar-refractivity contribution in [2.45, 2.75) is 0 Å². The standard InChI is InChI=1S/C21H15ClN2.C14H9I.C7H7ClN2.C4H12N2.ClH/c22-16-8-5-7-15(12-16)21(23)24-20-13-14-6-1-2-9-17(14)18-10-3-4-11-19(18)20;15-14-9-10-5-1-2-6-11(10)12-7-3-4-8-13(12)14;8-6-3-1-2-5(4-6)7(9)10;1-5-3-4-6-2;/h1-13H,(H2,23,24);1-9H;1-4H,(H3,9,10);5-6H,3-4H2,1-2H3;1H. The molecular weight excluding hydrogens is 870 g/mol. The fourth-order valence-corrected chi connectivity index (χ4v) is 7.07. The molecule has 8 aromatic carbocycles. The summed E-state index contributed by atoms with van der Waals surface area (Å²) < 4.78 is 1.32. The summed E-state index contributed by atoms with van der Waals surface area (Å²) in [5.41, 5.74) is 13.8. The lowest BCUT2D eigenvalue weighted by Gasteiger charge is -2.08. The molecule has 0 saturated carbocycles. The predicted octanol–water partition coefficient (Wildman–Crippen LogP) is 11.8. The number of rotatable bonds is 6. The SMILES string of the molecule is CNCCNC.Cl.Ic1cc2ccccc2c2ccccc12.N=C(N)c1cccc(Cl)c1.NC(=Nc1cc2ccccc2c2ccccc12)c1cccc(Cl)c1. The quantitative estimate of drug-likeness (QED) is 0.0376. The van der Waals surface area contributed by atoms with Crippen molar-refractivity contribution in [3.63, 3.8) is 0 Å². The molecule has 56 heavy (non-hydrogen) atoms. The van der Waals surface area contributed by atoms with E-state index in [4.69, 9.17) is 40.1 Å². The molecule has 0 aliphatic carbocycles. The zero-order valence-corrected chi connectivity index (χ0v) is 35.6. The molecule has 0 amide bonds. The molecule has 6 nitrogen and oxygen atoms in total. The lowest BCUT2D eigenvalue weighted by atomic mass is 10.0. The molecule has 0 radical (unpaired) electrons. The maximum Gasteiger partial charge on any atom is 0.131 e. The van der Waals surface area contributed by atoms with Gasteiger partial charge in [0.05, 0.1) is 5.69 Å². The van der Waals surface area contributed by atoms with E-state index in [1.807, 2.05) is 56.6 Å². The first kappa shape index (κ1) is 44.0. The summed E-state index contributed by atoms with van der Waals surface area (Å²) in [5.74, 6) is 0.500. The summed E-state index contributed by atoms with van der Waals surface area (Å²) >= 11 is 14.1. The van der Waals surface area contributed by atoms with Crippen molar-refractivity contribution in [3.8, 4) is 0 Å². The van der Waals surface area contributed by atoms with Crippen LogP contribution in [0.1, 0.15) is 11.1 Å². The number of aliphatic imine (C=N–C) groups is 1. The average molecular weight is 914 g/mol. The van der Waals surface area contributed by atoms with E-state index in [2.05, 4.69) is 129 Å². The van der Waals surface area contributed by atoms with Crippen LogP contribution >= 0.6 is 58.2 Å². The molecule has 0 spiro atoms. The van der Waals surface area contributed by atoms with Gasteiger partial charge in [-0.2, -0.15) is 0 Å². The minimum absolute atomic E-state index is 0. The van der Waals surface area contributed by atoms with Gasteiger partial charge in [-0.05, 0) is 111 Å². The molecule has 0 saturated heterocycles. The van der Waals surface area contributed by atoms with Gasteiger partial charge in [-0.15, -0.1) is 12.4 Å². The molecular formula is C46H44Cl3IN6. The normalized spacial score (nSPS) is 10.7. The molecule has 0 fully saturated rings. The monoisotopic (exact) mass is 912 g/mol. The Labute approximate surface area is 358 Å². The van der Waals surface area contributed by atoms with Gasteiger partial charge in [0, 0.05) is 43.2 Å². The zero-order valence-electron chi connectivity index (χ0n) is 31.1. The minimum atomic E-state index is 0. The van der Waals surface area contributed by atoms with E-state index >= 15 is 0 Å². The highest BCUT2D eigenvalue weighted by Gasteiger charge is 2.07. The lowest BCUT2D eigenvalue weighted by molar-refractivity contribution is 0.718. The van der Waals surface area contributed by atoms with Crippen LogP contribution in [0.2, 0.25) is 10.0 Å². The van der Waals surface area contributed by atoms with Gasteiger partial charge in [0.1, 0.15) is 11.7 Å². The minimum Gasteiger partial charge on any atom is -0.384 e. The molecule has 0 unspecified atom stereocenters. The topological polar surface area (TPSA) is 112 Å². The van der Waals surface area contributed by atoms with E-state index in [-0.39, 0.29) is 18.2 Å². The van der Waals surface area contributed by atoms with Crippen LogP contribution in [0.15, 0.2) is 163 Å². The highest BCUT2D eigenvalue weighted by Crippen LogP contribution is 2.34. The Morgan fingerprint density at radius 1 is 0.554 bits per heavy atom. The van der Waals surface area contributed by atoms with E-state index in [0.29, 0.717) is 21.4 Å². The van der Waals surface area contributed by atoms with Crippen LogP contribution in [0.3, 0.4) is 0 Å². The summed E-state index contributed by atoms with van der Waals surface area (Å²) in [6, 6.07) is 52.4. The molecule has 0 heterocycles. The molecule has 0 atom stereocenters. The van der Waals surface area contributed by atoms with Gasteiger partial charge in [-0.1, -0.05) is 145 Å². The van der Waals surface area contributed by atoms with Crippen molar-refractivity contribution in [3.05, 3.63) is 182 Å². The van der Waals surface area contributed by atoms with Crippen molar-refractivity contribution >= 4 is 119 Å². The molecule has 10 heteroatoms. The number of nitrogens with zero attached hydrogens (tertiary/aromatic N) is 1. The van der Waals surface area contributed by atoms with Crippen molar-refractivity contribution < 1.29 is 0 Å². The Hall–Kier alpha value is -4.74. The second-order valence-corrected chi connectivity index (χ2v) is 14.5. The molecule has 8 aromatic rings. The first-order valence-corrected chi connectivity index (χ1v) is 19.5. The van der Waals surface area contributed by atoms with Crippen LogP contribution in [-0.4, -0.2) is 38.9 Å². The second-order valence-electron chi connectivity index (χ2n) is 12.4. The Morgan fingerprint density at radius 3 is 1.48 bits per heavy atom. The maximum atomic E-state index is 7.05. The van der Waals surface area contributed by atoms with Crippen molar-refractivity contribution in [1.82, 2.24) is 10.6 Å². The van der Waals surface area contributed by atoms with Crippen molar-refractivity contribution in [2.24, 2.45) is 16.5 Å². The van der Waals surface area contributed by atoms with E-state index in [9.17, 15) is 0 Å². The molecule has 7 N–H and O–H groups in total. The number of likely N-dealkylation sites (N-methyl/N-ethyl adjacent to an activating group) is 2. The molecule has 0 aliphatic heterocycles. The Kier molecular flexibility index (Phi) is 17.4. The third-order valence-electron chi connectivity index (χ3n) is 8.59. The molecule has 0 bridgehead atoms. The number of nitrogen functional groups attached to an aromatic ring is 1. The Balaban J connectivity index is 0.000000186.